The molecule has 0 rings (SSSR count). The van der Waals surface area contributed by atoms with Gasteiger partial charge < -0.3 is 20.6 Å². The summed E-state index contributed by atoms with van der Waals surface area (Å²) in [6.07, 6.45) is 0.927. The Balaban J connectivity index is 3.97. The molecule has 0 heterocycles. The lowest BCUT2D eigenvalue weighted by molar-refractivity contribution is -0.123. The number of hydrogen-bond donors (Lipinski definition) is 3. The first-order chi connectivity index (χ1) is 7.78. The van der Waals surface area contributed by atoms with Crippen molar-refractivity contribution < 1.29 is 9.90 Å². The van der Waals surface area contributed by atoms with Gasteiger partial charge in [0.05, 0.1) is 11.6 Å². The fourth-order valence-corrected chi connectivity index (χ4v) is 1.60. The fourth-order valence-electron chi connectivity index (χ4n) is 1.60. The number of carbonyl (C=O) groups is 1. The molecule has 17 heavy (non-hydrogen) atoms. The minimum atomic E-state index is -0.831. The van der Waals surface area contributed by atoms with Crippen molar-refractivity contribution in [2.45, 2.75) is 38.8 Å². The van der Waals surface area contributed by atoms with Gasteiger partial charge in [0.1, 0.15) is 0 Å². The van der Waals surface area contributed by atoms with Gasteiger partial charge in [0, 0.05) is 19.6 Å². The highest BCUT2D eigenvalue weighted by Crippen LogP contribution is 2.03. The van der Waals surface area contributed by atoms with Crippen LogP contribution in [0.3, 0.4) is 0 Å². The van der Waals surface area contributed by atoms with Gasteiger partial charge in [-0.3, -0.25) is 4.79 Å². The van der Waals surface area contributed by atoms with Gasteiger partial charge in [-0.25, -0.2) is 0 Å². The second-order valence-electron chi connectivity index (χ2n) is 5.13. The molecule has 5 heteroatoms. The van der Waals surface area contributed by atoms with Crippen molar-refractivity contribution in [3.63, 3.8) is 0 Å². The summed E-state index contributed by atoms with van der Waals surface area (Å²) in [5.41, 5.74) is -0.831. The van der Waals surface area contributed by atoms with E-state index in [1.165, 1.54) is 0 Å². The lowest BCUT2D eigenvalue weighted by atomic mass is 10.1. The maximum atomic E-state index is 11.6. The van der Waals surface area contributed by atoms with Crippen LogP contribution in [0.15, 0.2) is 0 Å². The lowest BCUT2D eigenvalue weighted by Crippen LogP contribution is -2.51. The normalized spacial score (nSPS) is 16.6. The van der Waals surface area contributed by atoms with E-state index in [0.717, 1.165) is 6.42 Å². The van der Waals surface area contributed by atoms with Crippen LogP contribution < -0.4 is 10.6 Å². The molecular weight excluding hydrogens is 218 g/mol. The highest BCUT2D eigenvalue weighted by molar-refractivity contribution is 5.81. The third-order valence-electron chi connectivity index (χ3n) is 2.39. The molecule has 0 bridgehead atoms. The third-order valence-corrected chi connectivity index (χ3v) is 2.39. The van der Waals surface area contributed by atoms with Crippen LogP contribution in [0.5, 0.6) is 0 Å². The summed E-state index contributed by atoms with van der Waals surface area (Å²) in [7, 11) is 3.82. The number of amides is 1. The minimum Gasteiger partial charge on any atom is -0.388 e. The second kappa shape index (κ2) is 7.63. The average Bonchev–Trinajstić information content (AvgIpc) is 2.20. The zero-order chi connectivity index (χ0) is 13.5. The Labute approximate surface area is 105 Å². The molecule has 0 saturated carbocycles. The smallest absolute Gasteiger partial charge is 0.236 e. The first kappa shape index (κ1) is 16.4. The van der Waals surface area contributed by atoms with E-state index in [0.29, 0.717) is 19.6 Å². The van der Waals surface area contributed by atoms with Crippen LogP contribution >= 0.6 is 0 Å². The molecule has 0 radical (unpaired) electrons. The number of likely N-dealkylation sites (N-methyl/N-ethyl adjacent to an activating group) is 1. The molecule has 0 spiro atoms. The molecule has 2 unspecified atom stereocenters. The van der Waals surface area contributed by atoms with Crippen molar-refractivity contribution >= 4 is 5.91 Å². The van der Waals surface area contributed by atoms with Gasteiger partial charge in [0.25, 0.3) is 0 Å². The van der Waals surface area contributed by atoms with Crippen LogP contribution in [0.2, 0.25) is 0 Å². The second-order valence-corrected chi connectivity index (χ2v) is 5.13. The topological polar surface area (TPSA) is 64.6 Å². The van der Waals surface area contributed by atoms with Gasteiger partial charge in [0.15, 0.2) is 0 Å². The Kier molecular flexibility index (Phi) is 7.34. The molecule has 2 atom stereocenters. The lowest BCUT2D eigenvalue weighted by Gasteiger charge is -2.28. The van der Waals surface area contributed by atoms with Crippen molar-refractivity contribution in [2.24, 2.45) is 0 Å². The van der Waals surface area contributed by atoms with Gasteiger partial charge in [-0.1, -0.05) is 6.92 Å². The summed E-state index contributed by atoms with van der Waals surface area (Å²) in [5, 5.41) is 15.9. The van der Waals surface area contributed by atoms with Crippen LogP contribution in [-0.2, 0) is 4.79 Å². The first-order valence-corrected chi connectivity index (χ1v) is 6.16. The number of aliphatic hydroxyl groups is 1. The Morgan fingerprint density at radius 2 is 2.06 bits per heavy atom. The van der Waals surface area contributed by atoms with E-state index in [1.807, 2.05) is 25.9 Å². The summed E-state index contributed by atoms with van der Waals surface area (Å²) < 4.78 is 0. The van der Waals surface area contributed by atoms with E-state index in [-0.39, 0.29) is 11.9 Å². The van der Waals surface area contributed by atoms with Crippen LogP contribution in [0.1, 0.15) is 27.2 Å². The molecule has 0 fully saturated rings. The van der Waals surface area contributed by atoms with Crippen molar-refractivity contribution in [1.82, 2.24) is 15.5 Å². The zero-order valence-corrected chi connectivity index (χ0v) is 11.7. The summed E-state index contributed by atoms with van der Waals surface area (Å²) in [6.45, 7) is 7.22. The summed E-state index contributed by atoms with van der Waals surface area (Å²) in [5.74, 6) is -0.0208. The van der Waals surface area contributed by atoms with Gasteiger partial charge in [-0.05, 0) is 34.4 Å². The van der Waals surface area contributed by atoms with E-state index < -0.39 is 5.60 Å². The molecular formula is C12H27N3O2. The summed E-state index contributed by atoms with van der Waals surface area (Å²) in [6, 6.07) is -0.282. The fraction of sp³-hybridized carbons (Fsp3) is 0.917. The Hall–Kier alpha value is -0.650. The highest BCUT2D eigenvalue weighted by Gasteiger charge is 2.23. The maximum absolute atomic E-state index is 11.6. The van der Waals surface area contributed by atoms with Crippen LogP contribution in [-0.4, -0.2) is 61.3 Å². The van der Waals surface area contributed by atoms with E-state index >= 15 is 0 Å². The van der Waals surface area contributed by atoms with Crippen molar-refractivity contribution in [2.75, 3.05) is 33.7 Å². The van der Waals surface area contributed by atoms with Gasteiger partial charge in [-0.15, -0.1) is 0 Å². The van der Waals surface area contributed by atoms with E-state index in [9.17, 15) is 9.90 Å². The summed E-state index contributed by atoms with van der Waals surface area (Å²) in [4.78, 5) is 13.5. The predicted octanol–water partition coefficient (Wildman–Crippen LogP) is -0.197. The predicted molar refractivity (Wildman–Crippen MR) is 69.9 cm³/mol. The third kappa shape index (κ3) is 8.12. The molecule has 0 aliphatic heterocycles. The zero-order valence-electron chi connectivity index (χ0n) is 11.7. The molecule has 0 saturated heterocycles. The summed E-state index contributed by atoms with van der Waals surface area (Å²) >= 11 is 0. The van der Waals surface area contributed by atoms with E-state index in [4.69, 9.17) is 0 Å². The molecule has 0 aromatic heterocycles. The van der Waals surface area contributed by atoms with Crippen molar-refractivity contribution in [1.29, 1.82) is 0 Å². The molecule has 0 aromatic carbocycles. The maximum Gasteiger partial charge on any atom is 0.236 e. The Bertz CT molecular complexity index is 230. The van der Waals surface area contributed by atoms with E-state index in [2.05, 4.69) is 10.6 Å². The average molecular weight is 245 g/mol. The number of nitrogens with zero attached hydrogens (tertiary/aromatic N) is 1. The first-order valence-electron chi connectivity index (χ1n) is 6.16. The minimum absolute atomic E-state index is 0.0208. The van der Waals surface area contributed by atoms with E-state index in [1.54, 1.807) is 13.8 Å². The standard InChI is InChI=1S/C12H27N3O2/c1-6-7-13-11(16)10(2)14-8-12(3,17)9-15(4)5/h10,14,17H,6-9H2,1-5H3,(H,13,16). The Morgan fingerprint density at radius 3 is 2.53 bits per heavy atom. The van der Waals surface area contributed by atoms with Gasteiger partial charge in [0.2, 0.25) is 5.91 Å². The van der Waals surface area contributed by atoms with Gasteiger partial charge >= 0.3 is 0 Å². The molecule has 1 amide bonds. The molecule has 0 aliphatic rings. The molecule has 102 valence electrons. The molecule has 3 N–H and O–H groups in total. The number of rotatable bonds is 8. The number of hydrogen-bond acceptors (Lipinski definition) is 4. The molecule has 0 aliphatic carbocycles. The number of nitrogens with one attached hydrogen (secondary N) is 2. The molecule has 0 aromatic rings. The SMILES string of the molecule is CCCNC(=O)C(C)NCC(C)(O)CN(C)C. The van der Waals surface area contributed by atoms with Gasteiger partial charge in [-0.2, -0.15) is 0 Å². The van der Waals surface area contributed by atoms with Crippen molar-refractivity contribution in [3.8, 4) is 0 Å². The monoisotopic (exact) mass is 245 g/mol. The largest absolute Gasteiger partial charge is 0.388 e. The van der Waals surface area contributed by atoms with Crippen molar-refractivity contribution in [3.05, 3.63) is 0 Å². The quantitative estimate of drug-likeness (QED) is 0.554. The van der Waals surface area contributed by atoms with Crippen LogP contribution in [0.25, 0.3) is 0 Å². The highest BCUT2D eigenvalue weighted by atomic mass is 16.3. The number of carbonyl (C=O) groups excluding carboxylic acids is 1. The van der Waals surface area contributed by atoms with Crippen LogP contribution in [0, 0.1) is 0 Å². The van der Waals surface area contributed by atoms with Crippen LogP contribution in [0.4, 0.5) is 0 Å². The Morgan fingerprint density at radius 1 is 1.47 bits per heavy atom. The molecule has 5 nitrogen and oxygen atoms in total.